The van der Waals surface area contributed by atoms with Crippen LogP contribution >= 0.6 is 11.6 Å². The number of benzene rings is 3. The summed E-state index contributed by atoms with van der Waals surface area (Å²) >= 11 is 6.42. The van der Waals surface area contributed by atoms with Gasteiger partial charge in [0.05, 0.1) is 11.4 Å². The number of phenolic OH excluding ortho intramolecular Hbond substituents is 1. The summed E-state index contributed by atoms with van der Waals surface area (Å²) in [5, 5.41) is 10.5. The standard InChI is InChI=1S/C23H16ClNO/c24-21-12-5-4-11-20(21)18-14-22(16-7-2-1-3-8-16)25-23(15-18)17-9-6-10-19(26)13-17/h1-15,26H. The molecular formula is C23H16ClNO. The predicted molar refractivity (Wildman–Crippen MR) is 107 cm³/mol. The number of aromatic hydroxyl groups is 1. The Morgan fingerprint density at radius 2 is 1.27 bits per heavy atom. The fourth-order valence-electron chi connectivity index (χ4n) is 2.95. The zero-order valence-electron chi connectivity index (χ0n) is 13.9. The lowest BCUT2D eigenvalue weighted by atomic mass is 10.00. The van der Waals surface area contributed by atoms with E-state index in [1.165, 1.54) is 0 Å². The third kappa shape index (κ3) is 3.32. The molecule has 3 aromatic carbocycles. The number of aromatic nitrogens is 1. The summed E-state index contributed by atoms with van der Waals surface area (Å²) < 4.78 is 0. The van der Waals surface area contributed by atoms with E-state index in [0.717, 1.165) is 33.6 Å². The lowest BCUT2D eigenvalue weighted by molar-refractivity contribution is 0.475. The van der Waals surface area contributed by atoms with Gasteiger partial charge in [0.2, 0.25) is 0 Å². The molecule has 3 heteroatoms. The van der Waals surface area contributed by atoms with Gasteiger partial charge < -0.3 is 5.11 Å². The van der Waals surface area contributed by atoms with Gasteiger partial charge >= 0.3 is 0 Å². The molecule has 4 rings (SSSR count). The first-order chi connectivity index (χ1) is 12.7. The summed E-state index contributed by atoms with van der Waals surface area (Å²) in [6.45, 7) is 0. The molecule has 0 bridgehead atoms. The van der Waals surface area contributed by atoms with Crippen LogP contribution in [0.15, 0.2) is 91.0 Å². The molecule has 0 unspecified atom stereocenters. The van der Waals surface area contributed by atoms with Gasteiger partial charge in [0.15, 0.2) is 0 Å². The van der Waals surface area contributed by atoms with Crippen LogP contribution in [0.1, 0.15) is 0 Å². The van der Waals surface area contributed by atoms with Crippen molar-refractivity contribution >= 4 is 11.6 Å². The molecule has 0 radical (unpaired) electrons. The van der Waals surface area contributed by atoms with Gasteiger partial charge in [-0.15, -0.1) is 0 Å². The molecule has 0 aliphatic rings. The molecule has 0 fully saturated rings. The molecule has 0 saturated heterocycles. The summed E-state index contributed by atoms with van der Waals surface area (Å²) in [5.74, 6) is 0.216. The van der Waals surface area contributed by atoms with Crippen LogP contribution in [0.3, 0.4) is 0 Å². The fraction of sp³-hybridized carbons (Fsp3) is 0. The maximum atomic E-state index is 9.84. The highest BCUT2D eigenvalue weighted by Gasteiger charge is 2.11. The second kappa shape index (κ2) is 7.03. The number of pyridine rings is 1. The Bertz CT molecular complexity index is 1060. The van der Waals surface area contributed by atoms with Crippen LogP contribution in [0.4, 0.5) is 0 Å². The molecule has 1 aromatic heterocycles. The van der Waals surface area contributed by atoms with Crippen molar-refractivity contribution in [2.24, 2.45) is 0 Å². The number of phenols is 1. The van der Waals surface area contributed by atoms with Gasteiger partial charge in [-0.05, 0) is 35.9 Å². The first kappa shape index (κ1) is 16.4. The molecule has 1 heterocycles. The largest absolute Gasteiger partial charge is 0.508 e. The van der Waals surface area contributed by atoms with Crippen molar-refractivity contribution in [1.82, 2.24) is 4.98 Å². The third-order valence-electron chi connectivity index (χ3n) is 4.22. The van der Waals surface area contributed by atoms with Gasteiger partial charge in [-0.2, -0.15) is 0 Å². The molecule has 26 heavy (non-hydrogen) atoms. The van der Waals surface area contributed by atoms with Gasteiger partial charge in [-0.25, -0.2) is 4.98 Å². The van der Waals surface area contributed by atoms with Crippen LogP contribution < -0.4 is 0 Å². The fourth-order valence-corrected chi connectivity index (χ4v) is 3.20. The predicted octanol–water partition coefficient (Wildman–Crippen LogP) is 6.44. The second-order valence-electron chi connectivity index (χ2n) is 6.02. The number of nitrogens with zero attached hydrogens (tertiary/aromatic N) is 1. The molecule has 0 aliphatic carbocycles. The van der Waals surface area contributed by atoms with Crippen LogP contribution in [-0.2, 0) is 0 Å². The van der Waals surface area contributed by atoms with E-state index >= 15 is 0 Å². The van der Waals surface area contributed by atoms with E-state index in [1.54, 1.807) is 12.1 Å². The molecule has 1 N–H and O–H groups in total. The van der Waals surface area contributed by atoms with Crippen LogP contribution in [0.2, 0.25) is 5.02 Å². The maximum absolute atomic E-state index is 9.84. The smallest absolute Gasteiger partial charge is 0.116 e. The molecule has 126 valence electrons. The summed E-state index contributed by atoms with van der Waals surface area (Å²) in [4.78, 5) is 4.82. The van der Waals surface area contributed by atoms with E-state index in [2.05, 4.69) is 0 Å². The Hall–Kier alpha value is -3.10. The van der Waals surface area contributed by atoms with Crippen molar-refractivity contribution in [2.75, 3.05) is 0 Å². The minimum Gasteiger partial charge on any atom is -0.508 e. The zero-order chi connectivity index (χ0) is 17.9. The van der Waals surface area contributed by atoms with Crippen molar-refractivity contribution in [3.63, 3.8) is 0 Å². The normalized spacial score (nSPS) is 10.7. The highest BCUT2D eigenvalue weighted by molar-refractivity contribution is 6.33. The average Bonchev–Trinajstić information content (AvgIpc) is 2.69. The first-order valence-electron chi connectivity index (χ1n) is 8.32. The van der Waals surface area contributed by atoms with Crippen molar-refractivity contribution < 1.29 is 5.11 Å². The van der Waals surface area contributed by atoms with Gasteiger partial charge in [-0.1, -0.05) is 72.3 Å². The summed E-state index contributed by atoms with van der Waals surface area (Å²) in [6, 6.07) is 29.0. The van der Waals surface area contributed by atoms with E-state index in [0.29, 0.717) is 5.02 Å². The van der Waals surface area contributed by atoms with Gasteiger partial charge in [0.1, 0.15) is 5.75 Å². The topological polar surface area (TPSA) is 33.1 Å². The van der Waals surface area contributed by atoms with E-state index in [4.69, 9.17) is 16.6 Å². The van der Waals surface area contributed by atoms with Gasteiger partial charge in [0, 0.05) is 21.7 Å². The molecular weight excluding hydrogens is 342 g/mol. The van der Waals surface area contributed by atoms with Crippen molar-refractivity contribution in [3.8, 4) is 39.4 Å². The zero-order valence-corrected chi connectivity index (χ0v) is 14.7. The Labute approximate surface area is 157 Å². The first-order valence-corrected chi connectivity index (χ1v) is 8.70. The van der Waals surface area contributed by atoms with Crippen molar-refractivity contribution in [3.05, 3.63) is 96.0 Å². The van der Waals surface area contributed by atoms with Crippen molar-refractivity contribution in [2.45, 2.75) is 0 Å². The molecule has 0 aliphatic heterocycles. The average molecular weight is 358 g/mol. The van der Waals surface area contributed by atoms with Gasteiger partial charge in [0.25, 0.3) is 0 Å². The molecule has 0 amide bonds. The number of rotatable bonds is 3. The number of hydrogen-bond donors (Lipinski definition) is 1. The van der Waals surface area contributed by atoms with Crippen LogP contribution in [0.5, 0.6) is 5.75 Å². The summed E-state index contributed by atoms with van der Waals surface area (Å²) in [5.41, 5.74) is 5.48. The molecule has 4 aromatic rings. The molecule has 0 spiro atoms. The highest BCUT2D eigenvalue weighted by atomic mass is 35.5. The SMILES string of the molecule is Oc1cccc(-c2cc(-c3ccccc3Cl)cc(-c3ccccc3)n2)c1. The van der Waals surface area contributed by atoms with E-state index in [1.807, 2.05) is 78.9 Å². The Kier molecular flexibility index (Phi) is 4.42. The van der Waals surface area contributed by atoms with Crippen LogP contribution in [-0.4, -0.2) is 10.1 Å². The van der Waals surface area contributed by atoms with E-state index < -0.39 is 0 Å². The molecule has 0 atom stereocenters. The number of hydrogen-bond acceptors (Lipinski definition) is 2. The van der Waals surface area contributed by atoms with E-state index in [9.17, 15) is 5.11 Å². The Balaban J connectivity index is 1.95. The third-order valence-corrected chi connectivity index (χ3v) is 4.55. The Morgan fingerprint density at radius 1 is 0.615 bits per heavy atom. The van der Waals surface area contributed by atoms with Crippen molar-refractivity contribution in [1.29, 1.82) is 0 Å². The highest BCUT2D eigenvalue weighted by Crippen LogP contribution is 2.34. The van der Waals surface area contributed by atoms with Crippen LogP contribution in [0.25, 0.3) is 33.6 Å². The maximum Gasteiger partial charge on any atom is 0.116 e. The van der Waals surface area contributed by atoms with E-state index in [-0.39, 0.29) is 5.75 Å². The monoisotopic (exact) mass is 357 g/mol. The lowest BCUT2D eigenvalue weighted by Gasteiger charge is -2.11. The van der Waals surface area contributed by atoms with Crippen LogP contribution in [0, 0.1) is 0 Å². The Morgan fingerprint density at radius 3 is 2.00 bits per heavy atom. The lowest BCUT2D eigenvalue weighted by Crippen LogP contribution is -1.91. The minimum atomic E-state index is 0.216. The second-order valence-corrected chi connectivity index (χ2v) is 6.43. The quantitative estimate of drug-likeness (QED) is 0.457. The van der Waals surface area contributed by atoms with Gasteiger partial charge in [-0.3, -0.25) is 0 Å². The summed E-state index contributed by atoms with van der Waals surface area (Å²) in [7, 11) is 0. The minimum absolute atomic E-state index is 0.216. The number of halogens is 1. The molecule has 0 saturated carbocycles. The summed E-state index contributed by atoms with van der Waals surface area (Å²) in [6.07, 6.45) is 0. The molecule has 2 nitrogen and oxygen atoms in total.